The topological polar surface area (TPSA) is 118 Å². The first-order chi connectivity index (χ1) is 17.0. The minimum absolute atomic E-state index is 0.0798. The van der Waals surface area contributed by atoms with Crippen molar-refractivity contribution in [3.63, 3.8) is 0 Å². The Morgan fingerprint density at radius 3 is 2.74 bits per heavy atom. The summed E-state index contributed by atoms with van der Waals surface area (Å²) < 4.78 is 5.74. The maximum absolute atomic E-state index is 13.3. The van der Waals surface area contributed by atoms with Crippen molar-refractivity contribution in [2.75, 3.05) is 13.2 Å². The van der Waals surface area contributed by atoms with Crippen LogP contribution in [0, 0.1) is 0 Å². The highest BCUT2D eigenvalue weighted by molar-refractivity contribution is 5.96. The van der Waals surface area contributed by atoms with Crippen LogP contribution in [0.15, 0.2) is 33.4 Å². The molecule has 3 aliphatic rings. The first-order valence-corrected chi connectivity index (χ1v) is 13.8. The Morgan fingerprint density at radius 1 is 1.14 bits per heavy atom. The molecule has 0 unspecified atom stereocenters. The number of allylic oxidation sites excluding steroid dienone is 3. The number of nitrogens with one attached hydrogen (secondary N) is 1. The number of hydrogen-bond acceptors (Lipinski definition) is 6. The number of aliphatic imine (C=N–C) groups is 2. The molecule has 35 heavy (non-hydrogen) atoms. The molecule has 0 radical (unpaired) electrons. The van der Waals surface area contributed by atoms with Gasteiger partial charge in [-0.3, -0.25) is 4.99 Å². The summed E-state index contributed by atoms with van der Waals surface area (Å²) in [6, 6.07) is 0.875. The molecule has 1 fully saturated rings. The van der Waals surface area contributed by atoms with Gasteiger partial charge in [-0.2, -0.15) is 0 Å². The number of hydrogen-bond donors (Lipinski definition) is 3. The molecule has 8 heteroatoms. The summed E-state index contributed by atoms with van der Waals surface area (Å²) in [6.45, 7) is 5.35. The molecule has 0 aliphatic carbocycles. The molecule has 0 bridgehead atoms. The van der Waals surface area contributed by atoms with Gasteiger partial charge in [-0.15, -0.1) is 0 Å². The van der Waals surface area contributed by atoms with Gasteiger partial charge in [-0.1, -0.05) is 45.3 Å². The lowest BCUT2D eigenvalue weighted by molar-refractivity contribution is -0.140. The van der Waals surface area contributed by atoms with E-state index in [1.807, 2.05) is 0 Å². The maximum atomic E-state index is 13.3. The molecule has 3 rings (SSSR count). The van der Waals surface area contributed by atoms with Crippen LogP contribution in [-0.4, -0.2) is 54.1 Å². The van der Waals surface area contributed by atoms with Crippen LogP contribution in [0.2, 0.25) is 0 Å². The summed E-state index contributed by atoms with van der Waals surface area (Å²) in [4.78, 5) is 24.8. The Hall–Kier alpha value is -2.51. The van der Waals surface area contributed by atoms with Crippen LogP contribution in [0.3, 0.4) is 0 Å². The van der Waals surface area contributed by atoms with E-state index in [0.717, 1.165) is 94.3 Å². The first-order valence-electron chi connectivity index (χ1n) is 13.8. The Labute approximate surface area is 211 Å². The van der Waals surface area contributed by atoms with Gasteiger partial charge < -0.3 is 26.4 Å². The van der Waals surface area contributed by atoms with Crippen molar-refractivity contribution in [3.8, 4) is 0 Å². The predicted molar refractivity (Wildman–Crippen MR) is 143 cm³/mol. The van der Waals surface area contributed by atoms with Crippen LogP contribution in [0.4, 0.5) is 0 Å². The number of ether oxygens (including phenoxy) is 1. The summed E-state index contributed by atoms with van der Waals surface area (Å²) in [5.74, 6) is 0.896. The van der Waals surface area contributed by atoms with Gasteiger partial charge in [0.15, 0.2) is 11.9 Å². The van der Waals surface area contributed by atoms with E-state index >= 15 is 0 Å². The van der Waals surface area contributed by atoms with Crippen molar-refractivity contribution in [1.29, 1.82) is 0 Å². The van der Waals surface area contributed by atoms with E-state index in [4.69, 9.17) is 21.2 Å². The van der Waals surface area contributed by atoms with Crippen molar-refractivity contribution < 1.29 is 9.53 Å². The quantitative estimate of drug-likeness (QED) is 0.105. The van der Waals surface area contributed by atoms with Gasteiger partial charge in [0.2, 0.25) is 0 Å². The van der Waals surface area contributed by atoms with Crippen LogP contribution in [0.1, 0.15) is 97.3 Å². The zero-order valence-electron chi connectivity index (χ0n) is 21.8. The average Bonchev–Trinajstić information content (AvgIpc) is 3.25. The van der Waals surface area contributed by atoms with Gasteiger partial charge in [0.25, 0.3) is 0 Å². The third kappa shape index (κ3) is 7.74. The summed E-state index contributed by atoms with van der Waals surface area (Å²) in [7, 11) is 0. The highest BCUT2D eigenvalue weighted by Gasteiger charge is 2.47. The fourth-order valence-corrected chi connectivity index (χ4v) is 5.37. The highest BCUT2D eigenvalue weighted by atomic mass is 16.5. The largest absolute Gasteiger partial charge is 0.462 e. The second-order valence-electron chi connectivity index (χ2n) is 9.96. The van der Waals surface area contributed by atoms with Gasteiger partial charge >= 0.3 is 5.97 Å². The molecule has 0 saturated carbocycles. The maximum Gasteiger partial charge on any atom is 0.337 e. The fraction of sp³-hybridized carbons (Fsp3) is 0.741. The molecule has 5 N–H and O–H groups in total. The number of nitrogens with zero attached hydrogens (tertiary/aromatic N) is 3. The van der Waals surface area contributed by atoms with Crippen molar-refractivity contribution in [2.24, 2.45) is 21.5 Å². The molecular weight excluding hydrogens is 440 g/mol. The molecular formula is C27H46N6O2. The molecule has 3 atom stereocenters. The Morgan fingerprint density at radius 2 is 1.97 bits per heavy atom. The zero-order valence-corrected chi connectivity index (χ0v) is 21.8. The molecule has 196 valence electrons. The lowest BCUT2D eigenvalue weighted by Crippen LogP contribution is -2.57. The zero-order chi connectivity index (χ0) is 25.0. The van der Waals surface area contributed by atoms with E-state index in [2.05, 4.69) is 41.2 Å². The third-order valence-corrected chi connectivity index (χ3v) is 7.14. The number of esters is 1. The van der Waals surface area contributed by atoms with Gasteiger partial charge in [-0.25, -0.2) is 9.79 Å². The minimum atomic E-state index is -0.182. The minimum Gasteiger partial charge on any atom is -0.462 e. The van der Waals surface area contributed by atoms with E-state index in [1.54, 1.807) is 0 Å². The predicted octanol–water partition coefficient (Wildman–Crippen LogP) is 4.12. The van der Waals surface area contributed by atoms with Crippen LogP contribution >= 0.6 is 0 Å². The summed E-state index contributed by atoms with van der Waals surface area (Å²) >= 11 is 0. The standard InChI is InChI=1S/C27H46N6O2/c1-3-5-7-8-10-13-20-19-21-15-16-23-24(25(34)35-18-12-11-17-30-26(28)29)22(14-9-6-4-2)32-27(31-20)33(21)23/h7-8,20-21,23H,3-6,9-19H2,1-2H3,(H,31,32)(H4,28,29,30)/b8-7+/t20-,21+,23-/m0/s1. The molecule has 0 aromatic carbocycles. The van der Waals surface area contributed by atoms with E-state index in [1.165, 1.54) is 6.42 Å². The average molecular weight is 487 g/mol. The Bertz CT molecular complexity index is 814. The van der Waals surface area contributed by atoms with Gasteiger partial charge in [0.1, 0.15) is 0 Å². The van der Waals surface area contributed by atoms with Crippen LogP contribution in [0.5, 0.6) is 0 Å². The highest BCUT2D eigenvalue weighted by Crippen LogP contribution is 2.39. The molecule has 1 saturated heterocycles. The number of carbonyl (C=O) groups excluding carboxylic acids is 1. The van der Waals surface area contributed by atoms with Crippen LogP contribution < -0.4 is 16.8 Å². The van der Waals surface area contributed by atoms with Crippen molar-refractivity contribution in [2.45, 2.75) is 115 Å². The number of guanidine groups is 2. The lowest BCUT2D eigenvalue weighted by atomic mass is 9.96. The van der Waals surface area contributed by atoms with Crippen molar-refractivity contribution in [1.82, 2.24) is 10.2 Å². The van der Waals surface area contributed by atoms with Gasteiger partial charge in [0.05, 0.1) is 24.3 Å². The Balaban J connectivity index is 1.68. The normalized spacial score (nSPS) is 23.2. The number of carbonyl (C=O) groups is 1. The van der Waals surface area contributed by atoms with Crippen LogP contribution in [-0.2, 0) is 9.53 Å². The number of unbranched alkanes of at least 4 members (excludes halogenated alkanes) is 4. The second-order valence-corrected chi connectivity index (χ2v) is 9.96. The van der Waals surface area contributed by atoms with E-state index in [-0.39, 0.29) is 18.0 Å². The monoisotopic (exact) mass is 486 g/mol. The fourth-order valence-electron chi connectivity index (χ4n) is 5.37. The molecule has 0 amide bonds. The van der Waals surface area contributed by atoms with E-state index in [9.17, 15) is 4.79 Å². The van der Waals surface area contributed by atoms with Crippen molar-refractivity contribution in [3.05, 3.63) is 23.4 Å². The van der Waals surface area contributed by atoms with Crippen molar-refractivity contribution >= 4 is 17.9 Å². The molecule has 0 aromatic rings. The molecule has 3 heterocycles. The molecule has 0 spiro atoms. The SMILES string of the molecule is CCC/C=C/CC[C@H]1C[C@H]2CC[C@H]3C(C(=O)OCCCCN=C(N)N)=C(CCCCC)NC(=N1)N23. The molecule has 8 nitrogen and oxygen atoms in total. The third-order valence-electron chi connectivity index (χ3n) is 7.14. The van der Waals surface area contributed by atoms with Gasteiger partial charge in [-0.05, 0) is 64.2 Å². The van der Waals surface area contributed by atoms with E-state index < -0.39 is 0 Å². The lowest BCUT2D eigenvalue weighted by Gasteiger charge is -2.43. The second kappa shape index (κ2) is 14.1. The van der Waals surface area contributed by atoms with Crippen LogP contribution in [0.25, 0.3) is 0 Å². The van der Waals surface area contributed by atoms with E-state index in [0.29, 0.717) is 25.2 Å². The van der Waals surface area contributed by atoms with Gasteiger partial charge in [0, 0.05) is 18.3 Å². The molecule has 3 aliphatic heterocycles. The summed E-state index contributed by atoms with van der Waals surface area (Å²) in [5, 5.41) is 3.60. The number of nitrogens with two attached hydrogens (primary N) is 2. The first kappa shape index (κ1) is 27.1. The number of rotatable bonds is 15. The summed E-state index contributed by atoms with van der Waals surface area (Å²) in [5.41, 5.74) is 12.6. The molecule has 0 aromatic heterocycles. The summed E-state index contributed by atoms with van der Waals surface area (Å²) in [6.07, 6.45) is 18.0. The Kier molecular flexibility index (Phi) is 10.9. The smallest absolute Gasteiger partial charge is 0.337 e.